The third kappa shape index (κ3) is 3.88. The van der Waals surface area contributed by atoms with E-state index in [1.165, 1.54) is 25.0 Å². The predicted octanol–water partition coefficient (Wildman–Crippen LogP) is 1.93. The van der Waals surface area contributed by atoms with Crippen LogP contribution in [-0.2, 0) is 0 Å². The number of hydrazine groups is 1. The van der Waals surface area contributed by atoms with E-state index in [9.17, 15) is 0 Å². The fourth-order valence-corrected chi connectivity index (χ4v) is 2.78. The second-order valence-corrected chi connectivity index (χ2v) is 5.98. The summed E-state index contributed by atoms with van der Waals surface area (Å²) in [5.74, 6) is 7.71. The smallest absolute Gasteiger partial charge is 0.124 e. The Balaban J connectivity index is 2.64. The quantitative estimate of drug-likeness (QED) is 0.304. The van der Waals surface area contributed by atoms with Gasteiger partial charge in [0.2, 0.25) is 0 Å². The summed E-state index contributed by atoms with van der Waals surface area (Å²) in [6, 6.07) is 0. The molecular weight excluding hydrogens is 194 g/mol. The first-order chi connectivity index (χ1) is 6.53. The summed E-state index contributed by atoms with van der Waals surface area (Å²) in [5, 5.41) is 0.480. The average molecular weight is 215 g/mol. The van der Waals surface area contributed by atoms with Crippen molar-refractivity contribution in [2.24, 2.45) is 10.8 Å². The Morgan fingerprint density at radius 2 is 2.14 bits per heavy atom. The van der Waals surface area contributed by atoms with Crippen LogP contribution >= 0.6 is 11.8 Å². The zero-order valence-corrected chi connectivity index (χ0v) is 10.2. The number of aliphatic imine (C=N–C) groups is 1. The highest BCUT2D eigenvalue weighted by atomic mass is 32.2. The highest BCUT2D eigenvalue weighted by Gasteiger charge is 2.21. The molecule has 0 saturated carbocycles. The number of rotatable bonds is 1. The molecule has 0 aromatic rings. The van der Waals surface area contributed by atoms with E-state index in [4.69, 9.17) is 5.84 Å². The minimum atomic E-state index is -0.0420. The van der Waals surface area contributed by atoms with Crippen LogP contribution in [0.4, 0.5) is 0 Å². The fraction of sp³-hybridized carbons (Fsp3) is 0.900. The standard InChI is InChI=1S/C10H21N3S/c1-10(2,3)12-9(13-11)8-6-4-5-7-14-8/h8H,4-7,11H2,1-3H3,(H,12,13). The maximum absolute atomic E-state index is 5.52. The van der Waals surface area contributed by atoms with Crippen molar-refractivity contribution in [2.75, 3.05) is 5.75 Å². The lowest BCUT2D eigenvalue weighted by Crippen LogP contribution is -2.40. The van der Waals surface area contributed by atoms with Crippen LogP contribution in [0.2, 0.25) is 0 Å². The zero-order valence-electron chi connectivity index (χ0n) is 9.34. The second kappa shape index (κ2) is 5.03. The van der Waals surface area contributed by atoms with Gasteiger partial charge >= 0.3 is 0 Å². The van der Waals surface area contributed by atoms with Gasteiger partial charge in [0.05, 0.1) is 10.8 Å². The first-order valence-corrected chi connectivity index (χ1v) is 6.26. The van der Waals surface area contributed by atoms with Gasteiger partial charge in [0.1, 0.15) is 5.84 Å². The first-order valence-electron chi connectivity index (χ1n) is 5.21. The maximum Gasteiger partial charge on any atom is 0.124 e. The van der Waals surface area contributed by atoms with Crippen LogP contribution in [0.1, 0.15) is 40.0 Å². The molecule has 0 radical (unpaired) electrons. The third-order valence-corrected chi connectivity index (χ3v) is 3.47. The van der Waals surface area contributed by atoms with Crippen LogP contribution < -0.4 is 11.3 Å². The number of nitrogens with two attached hydrogens (primary N) is 1. The van der Waals surface area contributed by atoms with Gasteiger partial charge in [-0.1, -0.05) is 6.42 Å². The molecule has 0 bridgehead atoms. The molecule has 3 nitrogen and oxygen atoms in total. The molecule has 14 heavy (non-hydrogen) atoms. The normalized spacial score (nSPS) is 24.9. The van der Waals surface area contributed by atoms with Gasteiger partial charge < -0.3 is 5.43 Å². The number of nitrogens with one attached hydrogen (secondary N) is 1. The Morgan fingerprint density at radius 3 is 2.57 bits per heavy atom. The van der Waals surface area contributed by atoms with Crippen LogP contribution in [0.25, 0.3) is 0 Å². The Bertz CT molecular complexity index is 202. The number of thioether (sulfide) groups is 1. The van der Waals surface area contributed by atoms with Gasteiger partial charge in [-0.05, 0) is 39.4 Å². The lowest BCUT2D eigenvalue weighted by molar-refractivity contribution is 0.574. The van der Waals surface area contributed by atoms with Gasteiger partial charge in [-0.15, -0.1) is 0 Å². The molecule has 4 heteroatoms. The largest absolute Gasteiger partial charge is 0.311 e. The summed E-state index contributed by atoms with van der Waals surface area (Å²) in [6.45, 7) is 6.29. The highest BCUT2D eigenvalue weighted by Crippen LogP contribution is 2.26. The van der Waals surface area contributed by atoms with Crippen LogP contribution in [0, 0.1) is 0 Å². The van der Waals surface area contributed by atoms with Gasteiger partial charge in [0, 0.05) is 0 Å². The van der Waals surface area contributed by atoms with Crippen molar-refractivity contribution in [3.63, 3.8) is 0 Å². The van der Waals surface area contributed by atoms with Gasteiger partial charge in [-0.3, -0.25) is 4.99 Å². The second-order valence-electron chi connectivity index (χ2n) is 4.67. The third-order valence-electron chi connectivity index (χ3n) is 2.09. The van der Waals surface area contributed by atoms with Crippen LogP contribution in [0.15, 0.2) is 4.99 Å². The van der Waals surface area contributed by atoms with Crippen molar-refractivity contribution in [1.82, 2.24) is 5.43 Å². The molecule has 0 aromatic carbocycles. The topological polar surface area (TPSA) is 50.4 Å². The Kier molecular flexibility index (Phi) is 4.26. The van der Waals surface area contributed by atoms with E-state index in [1.807, 2.05) is 11.8 Å². The van der Waals surface area contributed by atoms with E-state index in [0.717, 1.165) is 5.84 Å². The lowest BCUT2D eigenvalue weighted by atomic mass is 10.1. The molecule has 0 aromatic heterocycles. The number of nitrogens with zero attached hydrogens (tertiary/aromatic N) is 1. The van der Waals surface area contributed by atoms with E-state index in [-0.39, 0.29) is 5.54 Å². The minimum absolute atomic E-state index is 0.0420. The van der Waals surface area contributed by atoms with E-state index < -0.39 is 0 Å². The highest BCUT2D eigenvalue weighted by molar-refractivity contribution is 8.00. The van der Waals surface area contributed by atoms with E-state index in [2.05, 4.69) is 31.2 Å². The molecule has 0 aliphatic carbocycles. The van der Waals surface area contributed by atoms with E-state index in [1.54, 1.807) is 0 Å². The van der Waals surface area contributed by atoms with Crippen molar-refractivity contribution in [2.45, 2.75) is 50.8 Å². The van der Waals surface area contributed by atoms with Crippen molar-refractivity contribution in [3.05, 3.63) is 0 Å². The molecule has 1 aliphatic heterocycles. The van der Waals surface area contributed by atoms with Crippen molar-refractivity contribution in [1.29, 1.82) is 0 Å². The summed E-state index contributed by atoms with van der Waals surface area (Å²) in [7, 11) is 0. The van der Waals surface area contributed by atoms with E-state index in [0.29, 0.717) is 5.25 Å². The molecule has 1 atom stereocenters. The number of amidine groups is 1. The molecule has 1 aliphatic rings. The number of hydrogen-bond acceptors (Lipinski definition) is 3. The maximum atomic E-state index is 5.52. The van der Waals surface area contributed by atoms with Gasteiger partial charge in [-0.2, -0.15) is 11.8 Å². The zero-order chi connectivity index (χ0) is 10.6. The SMILES string of the molecule is CC(C)(C)N=C(NN)C1CCCCS1. The molecule has 0 spiro atoms. The molecule has 1 fully saturated rings. The molecule has 3 N–H and O–H groups in total. The molecular formula is C10H21N3S. The van der Waals surface area contributed by atoms with E-state index >= 15 is 0 Å². The van der Waals surface area contributed by atoms with Crippen LogP contribution in [0.3, 0.4) is 0 Å². The summed E-state index contributed by atoms with van der Waals surface area (Å²) in [5.41, 5.74) is 2.72. The van der Waals surface area contributed by atoms with Crippen LogP contribution in [0.5, 0.6) is 0 Å². The molecule has 1 rings (SSSR count). The van der Waals surface area contributed by atoms with Crippen molar-refractivity contribution < 1.29 is 0 Å². The Labute approximate surface area is 90.9 Å². The predicted molar refractivity (Wildman–Crippen MR) is 64.6 cm³/mol. The van der Waals surface area contributed by atoms with Crippen molar-refractivity contribution >= 4 is 17.6 Å². The molecule has 1 heterocycles. The monoisotopic (exact) mass is 215 g/mol. The Morgan fingerprint density at radius 1 is 1.43 bits per heavy atom. The summed E-state index contributed by atoms with van der Waals surface area (Å²) >= 11 is 1.96. The van der Waals surface area contributed by atoms with Crippen molar-refractivity contribution in [3.8, 4) is 0 Å². The Hall–Kier alpha value is -0.220. The molecule has 82 valence electrons. The first kappa shape index (κ1) is 11.9. The summed E-state index contributed by atoms with van der Waals surface area (Å²) in [6.07, 6.45) is 3.82. The van der Waals surface area contributed by atoms with Gasteiger partial charge in [0.15, 0.2) is 0 Å². The minimum Gasteiger partial charge on any atom is -0.311 e. The molecule has 1 unspecified atom stereocenters. The fourth-order valence-electron chi connectivity index (χ4n) is 1.51. The summed E-state index contributed by atoms with van der Waals surface area (Å²) in [4.78, 5) is 4.61. The lowest BCUT2D eigenvalue weighted by Gasteiger charge is -2.25. The average Bonchev–Trinajstić information content (AvgIpc) is 2.14. The molecule has 0 amide bonds. The van der Waals surface area contributed by atoms with Gasteiger partial charge in [-0.25, -0.2) is 5.84 Å². The van der Waals surface area contributed by atoms with Crippen LogP contribution in [-0.4, -0.2) is 22.4 Å². The van der Waals surface area contributed by atoms with Gasteiger partial charge in [0.25, 0.3) is 0 Å². The number of hydrogen-bond donors (Lipinski definition) is 2. The molecule has 1 saturated heterocycles. The summed E-state index contributed by atoms with van der Waals surface area (Å²) < 4.78 is 0.